The molecule has 5 heteroatoms. The second kappa shape index (κ2) is 5.44. The second-order valence-electron chi connectivity index (χ2n) is 3.94. The monoisotopic (exact) mass is 248 g/mol. The first-order chi connectivity index (χ1) is 8.68. The van der Waals surface area contributed by atoms with Crippen molar-refractivity contribution in [3.63, 3.8) is 0 Å². The van der Waals surface area contributed by atoms with E-state index in [9.17, 15) is 9.18 Å². The molecule has 0 radical (unpaired) electrons. The fraction of sp³-hybridized carbons (Fsp3) is 0.231. The van der Waals surface area contributed by atoms with Crippen molar-refractivity contribution in [3.8, 4) is 0 Å². The minimum Gasteiger partial charge on any atom is -0.364 e. The van der Waals surface area contributed by atoms with Crippen molar-refractivity contribution in [2.75, 3.05) is 6.54 Å². The molecule has 0 aliphatic heterocycles. The number of amides is 1. The number of carbonyl (C=O) groups is 1. The highest BCUT2D eigenvalue weighted by Crippen LogP contribution is 2.07. The predicted molar refractivity (Wildman–Crippen MR) is 63.7 cm³/mol. The topological polar surface area (TPSA) is 55.1 Å². The Morgan fingerprint density at radius 2 is 2.22 bits per heavy atom. The lowest BCUT2D eigenvalue weighted by molar-refractivity contribution is 0.0944. The van der Waals surface area contributed by atoms with Gasteiger partial charge in [0.25, 0.3) is 5.91 Å². The quantitative estimate of drug-likeness (QED) is 0.901. The third-order valence-corrected chi connectivity index (χ3v) is 2.60. The summed E-state index contributed by atoms with van der Waals surface area (Å²) in [6.07, 6.45) is 1.85. The van der Waals surface area contributed by atoms with Crippen molar-refractivity contribution in [3.05, 3.63) is 53.2 Å². The molecule has 2 rings (SSSR count). The van der Waals surface area contributed by atoms with Gasteiger partial charge in [0.1, 0.15) is 12.1 Å². The molecule has 0 aliphatic rings. The van der Waals surface area contributed by atoms with Gasteiger partial charge in [-0.25, -0.2) is 4.39 Å². The number of hydrogen-bond donors (Lipinski definition) is 1. The van der Waals surface area contributed by atoms with Crippen LogP contribution in [-0.2, 0) is 6.42 Å². The molecule has 0 aliphatic carbocycles. The lowest BCUT2D eigenvalue weighted by atomic mass is 10.1. The fourth-order valence-electron chi connectivity index (χ4n) is 1.60. The van der Waals surface area contributed by atoms with E-state index in [0.29, 0.717) is 24.1 Å². The molecule has 2 aromatic rings. The second-order valence-corrected chi connectivity index (χ2v) is 3.94. The van der Waals surface area contributed by atoms with Crippen LogP contribution >= 0.6 is 0 Å². The molecule has 0 saturated carbocycles. The van der Waals surface area contributed by atoms with Crippen LogP contribution in [-0.4, -0.2) is 17.6 Å². The van der Waals surface area contributed by atoms with Gasteiger partial charge in [0.2, 0.25) is 0 Å². The third-order valence-electron chi connectivity index (χ3n) is 2.60. The van der Waals surface area contributed by atoms with E-state index in [2.05, 4.69) is 15.0 Å². The molecule has 1 heterocycles. The number of nitrogens with one attached hydrogen (secondary N) is 1. The summed E-state index contributed by atoms with van der Waals surface area (Å²) in [4.78, 5) is 11.7. The van der Waals surface area contributed by atoms with E-state index in [0.717, 1.165) is 0 Å². The van der Waals surface area contributed by atoms with E-state index in [1.165, 1.54) is 12.3 Å². The normalized spacial score (nSPS) is 10.3. The average Bonchev–Trinajstić information content (AvgIpc) is 2.78. The zero-order valence-electron chi connectivity index (χ0n) is 9.94. The van der Waals surface area contributed by atoms with Gasteiger partial charge >= 0.3 is 0 Å². The van der Waals surface area contributed by atoms with E-state index in [-0.39, 0.29) is 17.4 Å². The Morgan fingerprint density at radius 1 is 1.44 bits per heavy atom. The van der Waals surface area contributed by atoms with Crippen LogP contribution in [0.1, 0.15) is 21.6 Å². The summed E-state index contributed by atoms with van der Waals surface area (Å²) < 4.78 is 18.0. The van der Waals surface area contributed by atoms with Crippen molar-refractivity contribution in [1.29, 1.82) is 0 Å². The van der Waals surface area contributed by atoms with Gasteiger partial charge in [-0.1, -0.05) is 23.4 Å². The first kappa shape index (κ1) is 12.3. The van der Waals surface area contributed by atoms with Crippen LogP contribution in [0.4, 0.5) is 4.39 Å². The van der Waals surface area contributed by atoms with Crippen molar-refractivity contribution >= 4 is 5.91 Å². The highest BCUT2D eigenvalue weighted by molar-refractivity contribution is 5.93. The molecule has 0 spiro atoms. The van der Waals surface area contributed by atoms with E-state index in [4.69, 9.17) is 0 Å². The Bertz CT molecular complexity index is 551. The molecule has 18 heavy (non-hydrogen) atoms. The standard InChI is InChI=1S/C13H13FN2O2/c1-9-8-18-16-12(9)13(17)15-7-6-10-4-2-3-5-11(10)14/h2-5,8H,6-7H2,1H3,(H,15,17). The zero-order chi connectivity index (χ0) is 13.0. The smallest absolute Gasteiger partial charge is 0.273 e. The highest BCUT2D eigenvalue weighted by Gasteiger charge is 2.12. The van der Waals surface area contributed by atoms with Crippen molar-refractivity contribution in [2.45, 2.75) is 13.3 Å². The van der Waals surface area contributed by atoms with Gasteiger partial charge in [-0.05, 0) is 25.0 Å². The van der Waals surface area contributed by atoms with Crippen LogP contribution in [0, 0.1) is 12.7 Å². The van der Waals surface area contributed by atoms with E-state index < -0.39 is 0 Å². The molecule has 0 atom stereocenters. The van der Waals surface area contributed by atoms with Crippen LogP contribution in [0.5, 0.6) is 0 Å². The number of carbonyl (C=O) groups excluding carboxylic acids is 1. The summed E-state index contributed by atoms with van der Waals surface area (Å²) in [7, 11) is 0. The summed E-state index contributed by atoms with van der Waals surface area (Å²) in [5.41, 5.74) is 1.52. The molecular formula is C13H13FN2O2. The molecule has 1 N–H and O–H groups in total. The SMILES string of the molecule is Cc1conc1C(=O)NCCc1ccccc1F. The van der Waals surface area contributed by atoms with Gasteiger partial charge < -0.3 is 9.84 Å². The first-order valence-corrected chi connectivity index (χ1v) is 5.61. The Hall–Kier alpha value is -2.17. The van der Waals surface area contributed by atoms with Crippen LogP contribution in [0.15, 0.2) is 35.1 Å². The van der Waals surface area contributed by atoms with Gasteiger partial charge in [-0.2, -0.15) is 0 Å². The molecular weight excluding hydrogens is 235 g/mol. The maximum Gasteiger partial charge on any atom is 0.273 e. The predicted octanol–water partition coefficient (Wildman–Crippen LogP) is 2.09. The molecule has 1 amide bonds. The Labute approximate surface area is 104 Å². The van der Waals surface area contributed by atoms with E-state index >= 15 is 0 Å². The highest BCUT2D eigenvalue weighted by atomic mass is 19.1. The number of halogens is 1. The number of benzene rings is 1. The Balaban J connectivity index is 1.88. The minimum absolute atomic E-state index is 0.260. The van der Waals surface area contributed by atoms with Crippen molar-refractivity contribution in [2.24, 2.45) is 0 Å². The summed E-state index contributed by atoms with van der Waals surface area (Å²) in [5.74, 6) is -0.568. The molecule has 0 unspecified atom stereocenters. The summed E-state index contributed by atoms with van der Waals surface area (Å²) in [6.45, 7) is 2.09. The maximum absolute atomic E-state index is 13.3. The van der Waals surface area contributed by atoms with Gasteiger partial charge in [0.05, 0.1) is 0 Å². The van der Waals surface area contributed by atoms with Crippen molar-refractivity contribution in [1.82, 2.24) is 10.5 Å². The molecule has 4 nitrogen and oxygen atoms in total. The van der Waals surface area contributed by atoms with Gasteiger partial charge in [0, 0.05) is 12.1 Å². The van der Waals surface area contributed by atoms with Crippen molar-refractivity contribution < 1.29 is 13.7 Å². The van der Waals surface area contributed by atoms with Gasteiger partial charge in [-0.3, -0.25) is 4.79 Å². The number of hydrogen-bond acceptors (Lipinski definition) is 3. The third kappa shape index (κ3) is 2.74. The number of rotatable bonds is 4. The molecule has 1 aromatic carbocycles. The summed E-state index contributed by atoms with van der Waals surface area (Å²) in [6, 6.07) is 6.50. The summed E-state index contributed by atoms with van der Waals surface area (Å²) in [5, 5.41) is 6.27. The Kier molecular flexibility index (Phi) is 3.72. The summed E-state index contributed by atoms with van der Waals surface area (Å²) >= 11 is 0. The largest absolute Gasteiger partial charge is 0.364 e. The zero-order valence-corrected chi connectivity index (χ0v) is 9.94. The molecule has 0 fully saturated rings. The lowest BCUT2D eigenvalue weighted by Gasteiger charge is -2.04. The lowest BCUT2D eigenvalue weighted by Crippen LogP contribution is -2.26. The van der Waals surface area contributed by atoms with Crippen LogP contribution in [0.2, 0.25) is 0 Å². The van der Waals surface area contributed by atoms with Crippen LogP contribution in [0.3, 0.4) is 0 Å². The molecule has 1 aromatic heterocycles. The number of aromatic nitrogens is 1. The fourth-order valence-corrected chi connectivity index (χ4v) is 1.60. The molecule has 0 bridgehead atoms. The van der Waals surface area contributed by atoms with E-state index in [1.54, 1.807) is 25.1 Å². The van der Waals surface area contributed by atoms with Gasteiger partial charge in [-0.15, -0.1) is 0 Å². The first-order valence-electron chi connectivity index (χ1n) is 5.61. The van der Waals surface area contributed by atoms with E-state index in [1.807, 2.05) is 0 Å². The average molecular weight is 248 g/mol. The minimum atomic E-state index is -0.308. The number of aryl methyl sites for hydroxylation is 1. The van der Waals surface area contributed by atoms with Crippen LogP contribution < -0.4 is 5.32 Å². The molecule has 94 valence electrons. The number of nitrogens with zero attached hydrogens (tertiary/aromatic N) is 1. The Morgan fingerprint density at radius 3 is 2.89 bits per heavy atom. The van der Waals surface area contributed by atoms with Crippen LogP contribution in [0.25, 0.3) is 0 Å². The molecule has 0 saturated heterocycles. The van der Waals surface area contributed by atoms with Gasteiger partial charge in [0.15, 0.2) is 5.69 Å². The maximum atomic E-state index is 13.3.